The maximum atomic E-state index is 13.5. The zero-order valence-electron chi connectivity index (χ0n) is 24.0. The van der Waals surface area contributed by atoms with E-state index in [1.807, 2.05) is 50.2 Å². The Labute approximate surface area is 260 Å². The van der Waals surface area contributed by atoms with Gasteiger partial charge in [-0.2, -0.15) is 0 Å². The van der Waals surface area contributed by atoms with Gasteiger partial charge >= 0.3 is 0 Å². The van der Waals surface area contributed by atoms with E-state index in [0.29, 0.717) is 34.1 Å². The molecule has 7 nitrogen and oxygen atoms in total. The van der Waals surface area contributed by atoms with Gasteiger partial charge in [-0.1, -0.05) is 72.6 Å². The van der Waals surface area contributed by atoms with Crippen LogP contribution in [0.1, 0.15) is 34.8 Å². The first-order valence-corrected chi connectivity index (χ1v) is 14.9. The summed E-state index contributed by atoms with van der Waals surface area (Å²) in [6.07, 6.45) is 2.20. The van der Waals surface area contributed by atoms with Crippen LogP contribution in [0.2, 0.25) is 5.02 Å². The number of anilines is 2. The number of methoxy groups -OCH3 is 1. The Morgan fingerprint density at radius 1 is 0.907 bits per heavy atom. The lowest BCUT2D eigenvalue weighted by Gasteiger charge is -2.17. The van der Waals surface area contributed by atoms with Crippen LogP contribution in [0.5, 0.6) is 5.75 Å². The van der Waals surface area contributed by atoms with Crippen LogP contribution >= 0.6 is 23.4 Å². The van der Waals surface area contributed by atoms with Gasteiger partial charge in [-0.3, -0.25) is 14.4 Å². The fraction of sp³-hybridized carbons (Fsp3) is 0.147. The molecule has 0 heterocycles. The summed E-state index contributed by atoms with van der Waals surface area (Å²) >= 11 is 7.49. The highest BCUT2D eigenvalue weighted by Crippen LogP contribution is 2.32. The molecule has 0 aliphatic carbocycles. The van der Waals surface area contributed by atoms with Gasteiger partial charge in [0.1, 0.15) is 11.4 Å². The summed E-state index contributed by atoms with van der Waals surface area (Å²) in [6, 6.07) is 28.6. The van der Waals surface area contributed by atoms with E-state index in [9.17, 15) is 14.4 Å². The molecule has 0 saturated carbocycles. The molecule has 220 valence electrons. The van der Waals surface area contributed by atoms with Gasteiger partial charge in [0.2, 0.25) is 5.91 Å². The van der Waals surface area contributed by atoms with Gasteiger partial charge in [0.25, 0.3) is 11.8 Å². The van der Waals surface area contributed by atoms with Crippen molar-refractivity contribution in [2.75, 3.05) is 17.7 Å². The third-order valence-electron chi connectivity index (χ3n) is 6.33. The second-order valence-corrected chi connectivity index (χ2v) is 11.3. The molecule has 1 unspecified atom stereocenters. The molecule has 0 aromatic heterocycles. The van der Waals surface area contributed by atoms with Crippen LogP contribution in [0.3, 0.4) is 0 Å². The minimum Gasteiger partial charge on any atom is -0.495 e. The summed E-state index contributed by atoms with van der Waals surface area (Å²) in [4.78, 5) is 40.3. The zero-order chi connectivity index (χ0) is 30.8. The number of aryl methyl sites for hydroxylation is 1. The van der Waals surface area contributed by atoms with Gasteiger partial charge in [0, 0.05) is 21.2 Å². The largest absolute Gasteiger partial charge is 0.495 e. The minimum atomic E-state index is -0.481. The van der Waals surface area contributed by atoms with Crippen molar-refractivity contribution in [1.29, 1.82) is 0 Å². The van der Waals surface area contributed by atoms with Gasteiger partial charge in [-0.15, -0.1) is 11.8 Å². The van der Waals surface area contributed by atoms with Crippen molar-refractivity contribution in [3.63, 3.8) is 0 Å². The van der Waals surface area contributed by atoms with E-state index in [1.54, 1.807) is 66.7 Å². The average molecular weight is 614 g/mol. The summed E-state index contributed by atoms with van der Waals surface area (Å²) in [6.45, 7) is 3.88. The summed E-state index contributed by atoms with van der Waals surface area (Å²) < 4.78 is 5.35. The standard InChI is InChI=1S/C34H32ClN3O4S/c1-4-31(34(41)37-28-20-25(35)16-17-30(28)42-3)43-27-15-9-14-26(21-27)36-33(40)29(19-23-11-8-10-22(2)18-23)38-32(39)24-12-6-5-7-13-24/h5-21,31H,4H2,1-3H3,(H,36,40)(H,37,41)(H,38,39)/b29-19+. The molecule has 4 rings (SSSR count). The summed E-state index contributed by atoms with van der Waals surface area (Å²) in [5, 5.41) is 8.62. The lowest BCUT2D eigenvalue weighted by molar-refractivity contribution is -0.116. The van der Waals surface area contributed by atoms with E-state index in [1.165, 1.54) is 18.9 Å². The topological polar surface area (TPSA) is 96.5 Å². The van der Waals surface area contributed by atoms with Gasteiger partial charge in [0.05, 0.1) is 18.0 Å². The van der Waals surface area contributed by atoms with Gasteiger partial charge in [0.15, 0.2) is 0 Å². The molecular formula is C34H32ClN3O4S. The number of halogens is 1. The van der Waals surface area contributed by atoms with Crippen LogP contribution < -0.4 is 20.7 Å². The number of hydrogen-bond acceptors (Lipinski definition) is 5. The predicted octanol–water partition coefficient (Wildman–Crippen LogP) is 7.58. The van der Waals surface area contributed by atoms with Crippen molar-refractivity contribution in [3.8, 4) is 5.75 Å². The lowest BCUT2D eigenvalue weighted by atomic mass is 10.1. The summed E-state index contributed by atoms with van der Waals surface area (Å²) in [5.41, 5.74) is 3.34. The number of benzene rings is 4. The Bertz CT molecular complexity index is 1640. The second-order valence-electron chi connectivity index (χ2n) is 9.62. The minimum absolute atomic E-state index is 0.0961. The number of nitrogens with one attached hydrogen (secondary N) is 3. The Morgan fingerprint density at radius 2 is 1.67 bits per heavy atom. The number of ether oxygens (including phenoxy) is 1. The molecule has 0 spiro atoms. The molecule has 0 radical (unpaired) electrons. The van der Waals surface area contributed by atoms with Crippen molar-refractivity contribution in [2.24, 2.45) is 0 Å². The van der Waals surface area contributed by atoms with Crippen LogP contribution in [0.15, 0.2) is 108 Å². The van der Waals surface area contributed by atoms with E-state index in [2.05, 4.69) is 16.0 Å². The first kappa shape index (κ1) is 31.4. The van der Waals surface area contributed by atoms with Crippen molar-refractivity contribution in [2.45, 2.75) is 30.4 Å². The molecule has 9 heteroatoms. The average Bonchev–Trinajstić information content (AvgIpc) is 3.00. The molecule has 0 aliphatic rings. The second kappa shape index (κ2) is 15.1. The van der Waals surface area contributed by atoms with Crippen LogP contribution in [-0.2, 0) is 9.59 Å². The zero-order valence-corrected chi connectivity index (χ0v) is 25.6. The first-order chi connectivity index (χ1) is 20.7. The van der Waals surface area contributed by atoms with Crippen LogP contribution in [0.25, 0.3) is 6.08 Å². The SMILES string of the molecule is CCC(Sc1cccc(NC(=O)/C(=C\c2cccc(C)c2)NC(=O)c2ccccc2)c1)C(=O)Nc1cc(Cl)ccc1OC. The Kier molecular flexibility index (Phi) is 11.0. The fourth-order valence-electron chi connectivity index (χ4n) is 4.19. The monoisotopic (exact) mass is 613 g/mol. The van der Waals surface area contributed by atoms with E-state index >= 15 is 0 Å². The smallest absolute Gasteiger partial charge is 0.272 e. The number of hydrogen-bond donors (Lipinski definition) is 3. The normalized spacial score (nSPS) is 11.8. The van der Waals surface area contributed by atoms with Crippen molar-refractivity contribution < 1.29 is 19.1 Å². The lowest BCUT2D eigenvalue weighted by Crippen LogP contribution is -2.30. The molecule has 4 aromatic carbocycles. The summed E-state index contributed by atoms with van der Waals surface area (Å²) in [7, 11) is 1.53. The van der Waals surface area contributed by atoms with Crippen LogP contribution in [0.4, 0.5) is 11.4 Å². The predicted molar refractivity (Wildman–Crippen MR) is 175 cm³/mol. The molecule has 3 amide bonds. The van der Waals surface area contributed by atoms with E-state index in [-0.39, 0.29) is 11.6 Å². The Hall–Kier alpha value is -4.53. The molecule has 0 saturated heterocycles. The molecular weight excluding hydrogens is 582 g/mol. The van der Waals surface area contributed by atoms with Crippen LogP contribution in [-0.4, -0.2) is 30.1 Å². The van der Waals surface area contributed by atoms with Crippen molar-refractivity contribution >= 4 is 58.5 Å². The number of thioether (sulfide) groups is 1. The van der Waals surface area contributed by atoms with Gasteiger partial charge in [-0.05, 0) is 73.5 Å². The molecule has 0 aliphatic heterocycles. The quantitative estimate of drug-likeness (QED) is 0.120. The van der Waals surface area contributed by atoms with Gasteiger partial charge < -0.3 is 20.7 Å². The van der Waals surface area contributed by atoms with E-state index in [4.69, 9.17) is 16.3 Å². The number of carbonyl (C=O) groups excluding carboxylic acids is 3. The third-order valence-corrected chi connectivity index (χ3v) is 7.93. The molecule has 0 bridgehead atoms. The molecule has 1 atom stereocenters. The maximum Gasteiger partial charge on any atom is 0.272 e. The number of rotatable bonds is 11. The fourth-order valence-corrected chi connectivity index (χ4v) is 5.38. The Morgan fingerprint density at radius 3 is 2.40 bits per heavy atom. The molecule has 4 aromatic rings. The maximum absolute atomic E-state index is 13.5. The van der Waals surface area contributed by atoms with E-state index in [0.717, 1.165) is 16.0 Å². The summed E-state index contributed by atoms with van der Waals surface area (Å²) in [5.74, 6) is -0.566. The highest BCUT2D eigenvalue weighted by Gasteiger charge is 2.21. The number of amides is 3. The molecule has 0 fully saturated rings. The molecule has 3 N–H and O–H groups in total. The third kappa shape index (κ3) is 8.98. The number of carbonyl (C=O) groups is 3. The molecule has 43 heavy (non-hydrogen) atoms. The van der Waals surface area contributed by atoms with Gasteiger partial charge in [-0.25, -0.2) is 0 Å². The van der Waals surface area contributed by atoms with Crippen molar-refractivity contribution in [1.82, 2.24) is 5.32 Å². The van der Waals surface area contributed by atoms with Crippen molar-refractivity contribution in [3.05, 3.63) is 124 Å². The van der Waals surface area contributed by atoms with Crippen LogP contribution in [0, 0.1) is 6.92 Å². The van der Waals surface area contributed by atoms with E-state index < -0.39 is 17.1 Å². The highest BCUT2D eigenvalue weighted by atomic mass is 35.5. The first-order valence-electron chi connectivity index (χ1n) is 13.6. The highest BCUT2D eigenvalue weighted by molar-refractivity contribution is 8.00. The Balaban J connectivity index is 1.51.